The maximum Gasteiger partial charge on any atom is 0.329 e. The van der Waals surface area contributed by atoms with Crippen LogP contribution in [0.15, 0.2) is 0 Å². The average Bonchev–Trinajstić information content (AvgIpc) is 2.80. The summed E-state index contributed by atoms with van der Waals surface area (Å²) >= 11 is 0. The largest absolute Gasteiger partial charge is 0.480 e. The van der Waals surface area contributed by atoms with Gasteiger partial charge < -0.3 is 16.2 Å². The lowest BCUT2D eigenvalue weighted by Crippen LogP contribution is -2.63. The first kappa shape index (κ1) is 14.3. The molecule has 0 aromatic carbocycles. The third-order valence-corrected chi connectivity index (χ3v) is 4.84. The number of carbonyl (C=O) groups excluding carboxylic acids is 1. The Morgan fingerprint density at radius 2 is 1.68 bits per heavy atom. The van der Waals surface area contributed by atoms with E-state index in [4.69, 9.17) is 5.73 Å². The quantitative estimate of drug-likeness (QED) is 0.721. The molecule has 19 heavy (non-hydrogen) atoms. The fourth-order valence-corrected chi connectivity index (χ4v) is 3.22. The molecule has 1 amide bonds. The minimum atomic E-state index is -1.10. The Morgan fingerprint density at radius 3 is 2.16 bits per heavy atom. The van der Waals surface area contributed by atoms with Gasteiger partial charge in [0.1, 0.15) is 5.54 Å². The SMILES string of the molecule is CC1CCC(NC(=O)C2(N)CCCC2)(C(=O)O)CC1. The predicted molar refractivity (Wildman–Crippen MR) is 71.5 cm³/mol. The number of aliphatic carboxylic acids is 1. The van der Waals surface area contributed by atoms with Crippen LogP contribution in [0, 0.1) is 5.92 Å². The van der Waals surface area contributed by atoms with E-state index in [-0.39, 0.29) is 5.91 Å². The van der Waals surface area contributed by atoms with Gasteiger partial charge in [0.2, 0.25) is 5.91 Å². The molecule has 0 aromatic rings. The zero-order valence-corrected chi connectivity index (χ0v) is 11.6. The monoisotopic (exact) mass is 268 g/mol. The average molecular weight is 268 g/mol. The second-order valence-electron chi connectivity index (χ2n) is 6.39. The summed E-state index contributed by atoms with van der Waals surface area (Å²) in [7, 11) is 0. The van der Waals surface area contributed by atoms with Gasteiger partial charge in [-0.2, -0.15) is 0 Å². The number of carbonyl (C=O) groups is 2. The summed E-state index contributed by atoms with van der Waals surface area (Å²) in [4.78, 5) is 23.9. The summed E-state index contributed by atoms with van der Waals surface area (Å²) in [6.45, 7) is 2.12. The Hall–Kier alpha value is -1.10. The van der Waals surface area contributed by atoms with Crippen LogP contribution in [0.1, 0.15) is 58.3 Å². The number of carboxylic acids is 1. The minimum absolute atomic E-state index is 0.276. The van der Waals surface area contributed by atoms with Gasteiger partial charge in [-0.15, -0.1) is 0 Å². The Morgan fingerprint density at radius 1 is 1.16 bits per heavy atom. The van der Waals surface area contributed by atoms with E-state index < -0.39 is 17.0 Å². The van der Waals surface area contributed by atoms with Gasteiger partial charge in [0.05, 0.1) is 5.54 Å². The molecule has 2 rings (SSSR count). The van der Waals surface area contributed by atoms with Crippen LogP contribution in [0.25, 0.3) is 0 Å². The molecule has 4 N–H and O–H groups in total. The number of hydrogen-bond acceptors (Lipinski definition) is 3. The lowest BCUT2D eigenvalue weighted by Gasteiger charge is -2.38. The number of rotatable bonds is 3. The van der Waals surface area contributed by atoms with E-state index in [1.807, 2.05) is 0 Å². The highest BCUT2D eigenvalue weighted by atomic mass is 16.4. The first-order chi connectivity index (χ1) is 8.88. The van der Waals surface area contributed by atoms with E-state index in [1.165, 1.54) is 0 Å². The fourth-order valence-electron chi connectivity index (χ4n) is 3.22. The molecule has 0 radical (unpaired) electrons. The van der Waals surface area contributed by atoms with Crippen molar-refractivity contribution in [3.05, 3.63) is 0 Å². The Balaban J connectivity index is 2.09. The van der Waals surface area contributed by atoms with Crippen molar-refractivity contribution in [1.82, 2.24) is 5.32 Å². The number of amides is 1. The van der Waals surface area contributed by atoms with Crippen LogP contribution in [-0.4, -0.2) is 28.1 Å². The third kappa shape index (κ3) is 2.76. The molecule has 0 saturated heterocycles. The van der Waals surface area contributed by atoms with Crippen LogP contribution in [-0.2, 0) is 9.59 Å². The number of hydrogen-bond donors (Lipinski definition) is 3. The molecule has 2 aliphatic rings. The molecular formula is C14H24N2O3. The Kier molecular flexibility index (Phi) is 3.85. The van der Waals surface area contributed by atoms with E-state index >= 15 is 0 Å². The van der Waals surface area contributed by atoms with E-state index in [0.717, 1.165) is 25.7 Å². The van der Waals surface area contributed by atoms with Crippen LogP contribution >= 0.6 is 0 Å². The van der Waals surface area contributed by atoms with Crippen LogP contribution < -0.4 is 11.1 Å². The maximum absolute atomic E-state index is 12.3. The second kappa shape index (κ2) is 5.12. The molecule has 2 aliphatic carbocycles. The molecule has 2 saturated carbocycles. The maximum atomic E-state index is 12.3. The van der Waals surface area contributed by atoms with Crippen molar-refractivity contribution in [1.29, 1.82) is 0 Å². The van der Waals surface area contributed by atoms with Gasteiger partial charge in [-0.25, -0.2) is 4.79 Å². The molecule has 0 bridgehead atoms. The lowest BCUT2D eigenvalue weighted by atomic mass is 9.76. The lowest BCUT2D eigenvalue weighted by molar-refractivity contribution is -0.150. The minimum Gasteiger partial charge on any atom is -0.480 e. The summed E-state index contributed by atoms with van der Waals surface area (Å²) in [6.07, 6.45) is 5.89. The van der Waals surface area contributed by atoms with Gasteiger partial charge in [0.15, 0.2) is 0 Å². The standard InChI is InChI=1S/C14H24N2O3/c1-10-4-8-14(9-5-10,12(18)19)16-11(17)13(15)6-2-3-7-13/h10H,2-9,15H2,1H3,(H,16,17)(H,18,19). The van der Waals surface area contributed by atoms with E-state index in [1.54, 1.807) is 0 Å². The third-order valence-electron chi connectivity index (χ3n) is 4.84. The number of nitrogens with two attached hydrogens (primary N) is 1. The van der Waals surface area contributed by atoms with E-state index in [9.17, 15) is 14.7 Å². The van der Waals surface area contributed by atoms with Crippen molar-refractivity contribution >= 4 is 11.9 Å². The van der Waals surface area contributed by atoms with Crippen LogP contribution in [0.5, 0.6) is 0 Å². The van der Waals surface area contributed by atoms with Crippen molar-refractivity contribution in [2.24, 2.45) is 11.7 Å². The van der Waals surface area contributed by atoms with Crippen LogP contribution in [0.3, 0.4) is 0 Å². The van der Waals surface area contributed by atoms with Crippen molar-refractivity contribution in [3.8, 4) is 0 Å². The zero-order chi connectivity index (χ0) is 14.1. The van der Waals surface area contributed by atoms with Crippen molar-refractivity contribution < 1.29 is 14.7 Å². The summed E-state index contributed by atoms with van der Waals surface area (Å²) in [5.74, 6) is -0.668. The van der Waals surface area contributed by atoms with Gasteiger partial charge >= 0.3 is 5.97 Å². The van der Waals surface area contributed by atoms with Gasteiger partial charge in [-0.1, -0.05) is 19.8 Å². The smallest absolute Gasteiger partial charge is 0.329 e. The van der Waals surface area contributed by atoms with Crippen molar-refractivity contribution in [2.75, 3.05) is 0 Å². The summed E-state index contributed by atoms with van der Waals surface area (Å²) < 4.78 is 0. The van der Waals surface area contributed by atoms with E-state index in [0.29, 0.717) is 31.6 Å². The molecule has 0 aromatic heterocycles. The first-order valence-corrected chi connectivity index (χ1v) is 7.23. The van der Waals surface area contributed by atoms with Gasteiger partial charge in [-0.05, 0) is 44.4 Å². The molecule has 5 heteroatoms. The highest BCUT2D eigenvalue weighted by molar-refractivity contribution is 5.92. The highest BCUT2D eigenvalue weighted by Crippen LogP contribution is 2.34. The van der Waals surface area contributed by atoms with E-state index in [2.05, 4.69) is 12.2 Å². The van der Waals surface area contributed by atoms with Gasteiger partial charge in [0, 0.05) is 0 Å². The number of nitrogens with one attached hydrogen (secondary N) is 1. The molecule has 2 fully saturated rings. The molecule has 108 valence electrons. The molecule has 0 heterocycles. The number of carboxylic acid groups (broad SMARTS) is 1. The van der Waals surface area contributed by atoms with Gasteiger partial charge in [0.25, 0.3) is 0 Å². The van der Waals surface area contributed by atoms with Crippen molar-refractivity contribution in [3.63, 3.8) is 0 Å². The molecule has 0 atom stereocenters. The normalized spacial score (nSPS) is 33.9. The molecule has 0 spiro atoms. The summed E-state index contributed by atoms with van der Waals surface area (Å²) in [6, 6.07) is 0. The zero-order valence-electron chi connectivity index (χ0n) is 11.6. The van der Waals surface area contributed by atoms with Gasteiger partial charge in [-0.3, -0.25) is 4.79 Å². The van der Waals surface area contributed by atoms with Crippen molar-refractivity contribution in [2.45, 2.75) is 69.4 Å². The molecule has 5 nitrogen and oxygen atoms in total. The second-order valence-corrected chi connectivity index (χ2v) is 6.39. The molecule has 0 unspecified atom stereocenters. The molecular weight excluding hydrogens is 244 g/mol. The Bertz CT molecular complexity index is 367. The topological polar surface area (TPSA) is 92.4 Å². The van der Waals surface area contributed by atoms with Crippen LogP contribution in [0.2, 0.25) is 0 Å². The Labute approximate surface area is 113 Å². The summed E-state index contributed by atoms with van der Waals surface area (Å²) in [5, 5.41) is 12.3. The fraction of sp³-hybridized carbons (Fsp3) is 0.857. The van der Waals surface area contributed by atoms with Crippen LogP contribution in [0.4, 0.5) is 0 Å². The predicted octanol–water partition coefficient (Wildman–Crippen LogP) is 1.41. The summed E-state index contributed by atoms with van der Waals surface area (Å²) in [5.41, 5.74) is 4.15. The molecule has 0 aliphatic heterocycles. The first-order valence-electron chi connectivity index (χ1n) is 7.23. The highest BCUT2D eigenvalue weighted by Gasteiger charge is 2.46.